The number of hydrogen-bond donors (Lipinski definition) is 2. The van der Waals surface area contributed by atoms with Crippen LogP contribution >= 0.6 is 11.6 Å². The van der Waals surface area contributed by atoms with Crippen LogP contribution in [0.5, 0.6) is 0 Å². The number of aryl methyl sites for hydroxylation is 1. The van der Waals surface area contributed by atoms with Gasteiger partial charge in [0.25, 0.3) is 0 Å². The summed E-state index contributed by atoms with van der Waals surface area (Å²) in [6, 6.07) is 7.22. The first-order chi connectivity index (χ1) is 9.37. The van der Waals surface area contributed by atoms with Crippen LogP contribution in [0.3, 0.4) is 0 Å². The monoisotopic (exact) mass is 292 g/mol. The maximum absolute atomic E-state index is 12.1. The van der Waals surface area contributed by atoms with Crippen LogP contribution in [0.1, 0.15) is 31.1 Å². The predicted octanol–water partition coefficient (Wildman–Crippen LogP) is 2.36. The van der Waals surface area contributed by atoms with Crippen molar-refractivity contribution in [2.75, 3.05) is 0 Å². The lowest BCUT2D eigenvalue weighted by Crippen LogP contribution is -2.42. The van der Waals surface area contributed by atoms with E-state index >= 15 is 0 Å². The molecule has 5 nitrogen and oxygen atoms in total. The zero-order valence-electron chi connectivity index (χ0n) is 11.7. The maximum Gasteiger partial charge on any atom is 0.225 e. The Labute approximate surface area is 122 Å². The van der Waals surface area contributed by atoms with Gasteiger partial charge < -0.3 is 5.32 Å². The summed E-state index contributed by atoms with van der Waals surface area (Å²) in [5, 5.41) is 10.5. The van der Waals surface area contributed by atoms with E-state index in [9.17, 15) is 4.79 Å². The lowest BCUT2D eigenvalue weighted by atomic mass is 10.0. The van der Waals surface area contributed by atoms with Crippen LogP contribution in [0, 0.1) is 6.92 Å². The molecule has 1 heterocycles. The number of amides is 1. The predicted molar refractivity (Wildman–Crippen MR) is 77.4 cm³/mol. The van der Waals surface area contributed by atoms with Gasteiger partial charge in [-0.25, -0.2) is 4.98 Å². The summed E-state index contributed by atoms with van der Waals surface area (Å²) < 4.78 is 0. The molecule has 2 rings (SSSR count). The number of benzene rings is 1. The molecule has 0 aliphatic heterocycles. The van der Waals surface area contributed by atoms with Crippen LogP contribution in [0.4, 0.5) is 0 Å². The van der Waals surface area contributed by atoms with Crippen molar-refractivity contribution < 1.29 is 4.79 Å². The van der Waals surface area contributed by atoms with Crippen LogP contribution in [-0.4, -0.2) is 21.1 Å². The van der Waals surface area contributed by atoms with Gasteiger partial charge in [-0.2, -0.15) is 5.10 Å². The third kappa shape index (κ3) is 3.57. The van der Waals surface area contributed by atoms with Crippen LogP contribution in [0.15, 0.2) is 24.3 Å². The number of hydrogen-bond acceptors (Lipinski definition) is 3. The molecule has 0 saturated carbocycles. The van der Waals surface area contributed by atoms with Crippen molar-refractivity contribution in [2.45, 2.75) is 32.7 Å². The molecule has 1 amide bonds. The zero-order chi connectivity index (χ0) is 14.8. The lowest BCUT2D eigenvalue weighted by molar-refractivity contribution is -0.122. The molecule has 1 aromatic carbocycles. The Kier molecular flexibility index (Phi) is 4.09. The Bertz CT molecular complexity index is 604. The van der Waals surface area contributed by atoms with Crippen LogP contribution in [-0.2, 0) is 16.8 Å². The number of halogens is 1. The topological polar surface area (TPSA) is 70.7 Å². The molecule has 20 heavy (non-hydrogen) atoms. The SMILES string of the molecule is Cc1nc(C(C)(C)NC(=O)Cc2ccc(Cl)cc2)n[nH]1. The third-order valence-corrected chi connectivity index (χ3v) is 3.14. The number of aromatic nitrogens is 3. The van der Waals surface area contributed by atoms with Crippen LogP contribution in [0.2, 0.25) is 5.02 Å². The average Bonchev–Trinajstić information content (AvgIpc) is 2.79. The second-order valence-corrected chi connectivity index (χ2v) is 5.66. The molecule has 0 saturated heterocycles. The van der Waals surface area contributed by atoms with Crippen molar-refractivity contribution in [3.05, 3.63) is 46.5 Å². The normalized spacial score (nSPS) is 11.4. The Hall–Kier alpha value is -1.88. The number of rotatable bonds is 4. The van der Waals surface area contributed by atoms with Crippen molar-refractivity contribution in [2.24, 2.45) is 0 Å². The van der Waals surface area contributed by atoms with Gasteiger partial charge in [0.15, 0.2) is 5.82 Å². The molecule has 0 spiro atoms. The highest BCUT2D eigenvalue weighted by molar-refractivity contribution is 6.30. The standard InChI is InChI=1S/C14H17ClN4O/c1-9-16-13(19-18-9)14(2,3)17-12(20)8-10-4-6-11(15)7-5-10/h4-7H,8H2,1-3H3,(H,17,20)(H,16,18,19). The molecule has 0 fully saturated rings. The average molecular weight is 293 g/mol. The zero-order valence-corrected chi connectivity index (χ0v) is 12.5. The van der Waals surface area contributed by atoms with Gasteiger partial charge in [0, 0.05) is 5.02 Å². The minimum atomic E-state index is -0.617. The number of nitrogens with one attached hydrogen (secondary N) is 2. The minimum absolute atomic E-state index is 0.0835. The second-order valence-electron chi connectivity index (χ2n) is 5.22. The molecule has 0 atom stereocenters. The van der Waals surface area contributed by atoms with Gasteiger partial charge in [-0.1, -0.05) is 23.7 Å². The van der Waals surface area contributed by atoms with E-state index in [1.165, 1.54) is 0 Å². The van der Waals surface area contributed by atoms with Gasteiger partial charge in [0.2, 0.25) is 5.91 Å². The lowest BCUT2D eigenvalue weighted by Gasteiger charge is -2.22. The summed E-state index contributed by atoms with van der Waals surface area (Å²) in [6.45, 7) is 5.56. The van der Waals surface area contributed by atoms with E-state index in [1.807, 2.05) is 32.9 Å². The first-order valence-electron chi connectivity index (χ1n) is 6.32. The number of carbonyl (C=O) groups is 1. The summed E-state index contributed by atoms with van der Waals surface area (Å²) in [7, 11) is 0. The molecule has 106 valence electrons. The van der Waals surface area contributed by atoms with Gasteiger partial charge in [-0.3, -0.25) is 9.89 Å². The molecular formula is C14H17ClN4O. The van der Waals surface area contributed by atoms with Gasteiger partial charge in [0.05, 0.1) is 12.0 Å². The fourth-order valence-corrected chi connectivity index (χ4v) is 1.98. The van der Waals surface area contributed by atoms with Gasteiger partial charge >= 0.3 is 0 Å². The fourth-order valence-electron chi connectivity index (χ4n) is 1.86. The summed E-state index contributed by atoms with van der Waals surface area (Å²) in [4.78, 5) is 16.3. The van der Waals surface area contributed by atoms with Crippen molar-refractivity contribution in [3.8, 4) is 0 Å². The third-order valence-electron chi connectivity index (χ3n) is 2.89. The molecule has 2 aromatic rings. The maximum atomic E-state index is 12.1. The first kappa shape index (κ1) is 14.5. The highest BCUT2D eigenvalue weighted by Gasteiger charge is 2.27. The first-order valence-corrected chi connectivity index (χ1v) is 6.69. The highest BCUT2D eigenvalue weighted by Crippen LogP contribution is 2.16. The molecule has 0 bridgehead atoms. The Balaban J connectivity index is 2.02. The van der Waals surface area contributed by atoms with E-state index in [0.29, 0.717) is 17.3 Å². The van der Waals surface area contributed by atoms with Crippen molar-refractivity contribution >= 4 is 17.5 Å². The number of aromatic amines is 1. The number of H-pyrrole nitrogens is 1. The van der Waals surface area contributed by atoms with Gasteiger partial charge in [-0.15, -0.1) is 0 Å². The van der Waals surface area contributed by atoms with E-state index in [2.05, 4.69) is 20.5 Å². The highest BCUT2D eigenvalue weighted by atomic mass is 35.5. The molecule has 0 aliphatic carbocycles. The van der Waals surface area contributed by atoms with E-state index in [-0.39, 0.29) is 5.91 Å². The number of nitrogens with zero attached hydrogens (tertiary/aromatic N) is 2. The van der Waals surface area contributed by atoms with Crippen molar-refractivity contribution in [1.29, 1.82) is 0 Å². The Morgan fingerprint density at radius 2 is 2.00 bits per heavy atom. The van der Waals surface area contributed by atoms with Gasteiger partial charge in [-0.05, 0) is 38.5 Å². The minimum Gasteiger partial charge on any atom is -0.344 e. The van der Waals surface area contributed by atoms with E-state index in [4.69, 9.17) is 11.6 Å². The van der Waals surface area contributed by atoms with E-state index < -0.39 is 5.54 Å². The van der Waals surface area contributed by atoms with Crippen LogP contribution < -0.4 is 5.32 Å². The summed E-state index contributed by atoms with van der Waals surface area (Å²) in [5.41, 5.74) is 0.294. The molecule has 0 aliphatic rings. The van der Waals surface area contributed by atoms with E-state index in [0.717, 1.165) is 11.4 Å². The molecule has 2 N–H and O–H groups in total. The quantitative estimate of drug-likeness (QED) is 0.909. The summed E-state index contributed by atoms with van der Waals surface area (Å²) >= 11 is 5.82. The molecular weight excluding hydrogens is 276 g/mol. The van der Waals surface area contributed by atoms with Gasteiger partial charge in [0.1, 0.15) is 5.82 Å². The second kappa shape index (κ2) is 5.63. The smallest absolute Gasteiger partial charge is 0.225 e. The Morgan fingerprint density at radius 3 is 2.55 bits per heavy atom. The van der Waals surface area contributed by atoms with E-state index in [1.54, 1.807) is 12.1 Å². The van der Waals surface area contributed by atoms with Crippen molar-refractivity contribution in [3.63, 3.8) is 0 Å². The molecule has 1 aromatic heterocycles. The number of carbonyl (C=O) groups excluding carboxylic acids is 1. The van der Waals surface area contributed by atoms with Crippen molar-refractivity contribution in [1.82, 2.24) is 20.5 Å². The summed E-state index contributed by atoms with van der Waals surface area (Å²) in [6.07, 6.45) is 0.296. The molecule has 6 heteroatoms. The summed E-state index contributed by atoms with van der Waals surface area (Å²) in [5.74, 6) is 1.21. The molecule has 0 radical (unpaired) electrons. The largest absolute Gasteiger partial charge is 0.344 e. The fraction of sp³-hybridized carbons (Fsp3) is 0.357. The Morgan fingerprint density at radius 1 is 1.35 bits per heavy atom. The van der Waals surface area contributed by atoms with Crippen LogP contribution in [0.25, 0.3) is 0 Å². The molecule has 0 unspecified atom stereocenters.